The third-order valence-electron chi connectivity index (χ3n) is 2.73. The SMILES string of the molecule is Cc1cc(CO)cc(F)c1Oc1cncc(C(F)(F)F)c1. The molecule has 0 aliphatic carbocycles. The van der Waals surface area contributed by atoms with Gasteiger partial charge in [-0.3, -0.25) is 4.98 Å². The average Bonchev–Trinajstić information content (AvgIpc) is 2.42. The lowest BCUT2D eigenvalue weighted by Crippen LogP contribution is -2.05. The van der Waals surface area contributed by atoms with E-state index >= 15 is 0 Å². The second-order valence-corrected chi connectivity index (χ2v) is 4.39. The van der Waals surface area contributed by atoms with E-state index in [-0.39, 0.29) is 18.1 Å². The second-order valence-electron chi connectivity index (χ2n) is 4.39. The lowest BCUT2D eigenvalue weighted by molar-refractivity contribution is -0.137. The van der Waals surface area contributed by atoms with Gasteiger partial charge in [0.1, 0.15) is 5.75 Å². The number of benzene rings is 1. The van der Waals surface area contributed by atoms with Gasteiger partial charge in [0.2, 0.25) is 0 Å². The summed E-state index contributed by atoms with van der Waals surface area (Å²) < 4.78 is 56.7. The summed E-state index contributed by atoms with van der Waals surface area (Å²) in [6.07, 6.45) is -2.83. The normalized spacial score (nSPS) is 11.5. The monoisotopic (exact) mass is 301 g/mol. The maximum Gasteiger partial charge on any atom is 0.418 e. The van der Waals surface area contributed by atoms with Crippen LogP contribution in [0.2, 0.25) is 0 Å². The van der Waals surface area contributed by atoms with Crippen LogP contribution < -0.4 is 4.74 Å². The molecule has 7 heteroatoms. The van der Waals surface area contributed by atoms with E-state index in [2.05, 4.69) is 4.98 Å². The number of halogens is 4. The minimum atomic E-state index is -4.55. The van der Waals surface area contributed by atoms with E-state index in [1.54, 1.807) is 0 Å². The quantitative estimate of drug-likeness (QED) is 0.876. The Kier molecular flexibility index (Phi) is 4.13. The van der Waals surface area contributed by atoms with Crippen LogP contribution in [0.3, 0.4) is 0 Å². The first kappa shape index (κ1) is 15.2. The summed E-state index contributed by atoms with van der Waals surface area (Å²) in [6.45, 7) is 1.18. The van der Waals surface area contributed by atoms with Crippen LogP contribution in [-0.4, -0.2) is 10.1 Å². The minimum Gasteiger partial charge on any atom is -0.452 e. The Labute approximate surface area is 117 Å². The van der Waals surface area contributed by atoms with Gasteiger partial charge < -0.3 is 9.84 Å². The molecule has 1 aromatic carbocycles. The van der Waals surface area contributed by atoms with Crippen LogP contribution in [0.4, 0.5) is 17.6 Å². The van der Waals surface area contributed by atoms with Crippen molar-refractivity contribution in [2.75, 3.05) is 0 Å². The number of alkyl halides is 3. The predicted octanol–water partition coefficient (Wildman–Crippen LogP) is 3.83. The van der Waals surface area contributed by atoms with Gasteiger partial charge in [-0.1, -0.05) is 0 Å². The molecule has 1 heterocycles. The van der Waals surface area contributed by atoms with Crippen molar-refractivity contribution in [3.63, 3.8) is 0 Å². The van der Waals surface area contributed by atoms with Crippen LogP contribution >= 0.6 is 0 Å². The molecule has 0 amide bonds. The number of aromatic nitrogens is 1. The largest absolute Gasteiger partial charge is 0.452 e. The van der Waals surface area contributed by atoms with Gasteiger partial charge in [-0.25, -0.2) is 4.39 Å². The van der Waals surface area contributed by atoms with Crippen molar-refractivity contribution >= 4 is 0 Å². The lowest BCUT2D eigenvalue weighted by Gasteiger charge is -2.12. The van der Waals surface area contributed by atoms with Crippen molar-refractivity contribution in [1.82, 2.24) is 4.98 Å². The highest BCUT2D eigenvalue weighted by molar-refractivity contribution is 5.41. The highest BCUT2D eigenvalue weighted by Gasteiger charge is 2.31. The van der Waals surface area contributed by atoms with Crippen LogP contribution in [-0.2, 0) is 12.8 Å². The number of aliphatic hydroxyl groups excluding tert-OH is 1. The number of rotatable bonds is 3. The van der Waals surface area contributed by atoms with Crippen molar-refractivity contribution in [1.29, 1.82) is 0 Å². The molecule has 0 atom stereocenters. The number of hydrogen-bond acceptors (Lipinski definition) is 3. The molecule has 0 saturated carbocycles. The molecule has 2 rings (SSSR count). The topological polar surface area (TPSA) is 42.4 Å². The molecule has 0 radical (unpaired) electrons. The molecule has 0 fully saturated rings. The van der Waals surface area contributed by atoms with Gasteiger partial charge in [0, 0.05) is 6.20 Å². The van der Waals surface area contributed by atoms with E-state index < -0.39 is 17.6 Å². The highest BCUT2D eigenvalue weighted by Crippen LogP contribution is 2.33. The molecule has 1 aromatic heterocycles. The second kappa shape index (κ2) is 5.69. The van der Waals surface area contributed by atoms with E-state index in [0.717, 1.165) is 18.3 Å². The fourth-order valence-corrected chi connectivity index (χ4v) is 1.77. The minimum absolute atomic E-state index is 0.201. The number of hydrogen-bond donors (Lipinski definition) is 1. The number of aryl methyl sites for hydroxylation is 1. The third-order valence-corrected chi connectivity index (χ3v) is 2.73. The van der Waals surface area contributed by atoms with Gasteiger partial charge in [0.25, 0.3) is 0 Å². The number of ether oxygens (including phenoxy) is 1. The summed E-state index contributed by atoms with van der Waals surface area (Å²) in [4.78, 5) is 3.43. The fourth-order valence-electron chi connectivity index (χ4n) is 1.77. The molecule has 0 aliphatic rings. The molecule has 21 heavy (non-hydrogen) atoms. The fraction of sp³-hybridized carbons (Fsp3) is 0.214. The maximum absolute atomic E-state index is 13.8. The van der Waals surface area contributed by atoms with Crippen LogP contribution in [0.15, 0.2) is 30.6 Å². The Hall–Kier alpha value is -2.15. The third kappa shape index (κ3) is 3.49. The molecule has 2 aromatic rings. The molecular formula is C14H11F4NO2. The Morgan fingerprint density at radius 1 is 1.19 bits per heavy atom. The lowest BCUT2D eigenvalue weighted by atomic mass is 10.1. The van der Waals surface area contributed by atoms with E-state index in [9.17, 15) is 17.6 Å². The summed E-state index contributed by atoms with van der Waals surface area (Å²) in [5.41, 5.74) is -0.277. The van der Waals surface area contributed by atoms with Crippen LogP contribution in [0.1, 0.15) is 16.7 Å². The maximum atomic E-state index is 13.8. The Balaban J connectivity index is 2.35. The highest BCUT2D eigenvalue weighted by atomic mass is 19.4. The summed E-state index contributed by atoms with van der Waals surface area (Å²) in [5.74, 6) is -1.19. The zero-order valence-electron chi connectivity index (χ0n) is 10.9. The first-order valence-electron chi connectivity index (χ1n) is 5.91. The number of nitrogens with zero attached hydrogens (tertiary/aromatic N) is 1. The van der Waals surface area contributed by atoms with E-state index in [1.807, 2.05) is 0 Å². The van der Waals surface area contributed by atoms with Gasteiger partial charge in [-0.05, 0) is 36.2 Å². The summed E-state index contributed by atoms with van der Waals surface area (Å²) in [5, 5.41) is 8.95. The van der Waals surface area contributed by atoms with E-state index in [0.29, 0.717) is 17.3 Å². The van der Waals surface area contributed by atoms with Crippen LogP contribution in [0.25, 0.3) is 0 Å². The number of aliphatic hydroxyl groups is 1. The van der Waals surface area contributed by atoms with Gasteiger partial charge in [-0.15, -0.1) is 0 Å². The first-order valence-corrected chi connectivity index (χ1v) is 5.91. The summed E-state index contributed by atoms with van der Waals surface area (Å²) in [7, 11) is 0. The predicted molar refractivity (Wildman–Crippen MR) is 66.4 cm³/mol. The summed E-state index contributed by atoms with van der Waals surface area (Å²) >= 11 is 0. The van der Waals surface area contributed by atoms with Crippen molar-refractivity contribution in [3.8, 4) is 11.5 Å². The molecule has 0 unspecified atom stereocenters. The molecule has 0 aliphatic heterocycles. The Morgan fingerprint density at radius 3 is 2.48 bits per heavy atom. The molecular weight excluding hydrogens is 290 g/mol. The molecule has 0 bridgehead atoms. The summed E-state index contributed by atoms with van der Waals surface area (Å²) in [6, 6.07) is 3.29. The van der Waals surface area contributed by atoms with Crippen LogP contribution in [0, 0.1) is 12.7 Å². The van der Waals surface area contributed by atoms with Gasteiger partial charge in [0.15, 0.2) is 11.6 Å². The molecule has 112 valence electrons. The van der Waals surface area contributed by atoms with Gasteiger partial charge >= 0.3 is 6.18 Å². The number of pyridine rings is 1. The van der Waals surface area contributed by atoms with Crippen molar-refractivity contribution in [2.45, 2.75) is 19.7 Å². The Bertz CT molecular complexity index is 633. The first-order chi connectivity index (χ1) is 9.81. The molecule has 0 spiro atoms. The van der Waals surface area contributed by atoms with E-state index in [4.69, 9.17) is 9.84 Å². The molecule has 0 saturated heterocycles. The Morgan fingerprint density at radius 2 is 1.90 bits per heavy atom. The van der Waals surface area contributed by atoms with Gasteiger partial charge in [0.05, 0.1) is 18.4 Å². The standard InChI is InChI=1S/C14H11F4NO2/c1-8-2-9(7-20)3-12(15)13(8)21-11-4-10(5-19-6-11)14(16,17)18/h2-6,20H,7H2,1H3. The molecule has 3 nitrogen and oxygen atoms in total. The van der Waals surface area contributed by atoms with Crippen molar-refractivity contribution < 1.29 is 27.4 Å². The van der Waals surface area contributed by atoms with Gasteiger partial charge in [-0.2, -0.15) is 13.2 Å². The van der Waals surface area contributed by atoms with Crippen molar-refractivity contribution in [2.24, 2.45) is 0 Å². The van der Waals surface area contributed by atoms with Crippen LogP contribution in [0.5, 0.6) is 11.5 Å². The average molecular weight is 301 g/mol. The van der Waals surface area contributed by atoms with Crippen molar-refractivity contribution in [3.05, 3.63) is 53.1 Å². The zero-order valence-corrected chi connectivity index (χ0v) is 10.9. The van der Waals surface area contributed by atoms with E-state index in [1.165, 1.54) is 13.0 Å². The zero-order chi connectivity index (χ0) is 15.6. The smallest absolute Gasteiger partial charge is 0.418 e. The molecule has 1 N–H and O–H groups in total.